The van der Waals surface area contributed by atoms with Gasteiger partial charge in [0.2, 0.25) is 0 Å². The molecule has 0 bridgehead atoms. The lowest BCUT2D eigenvalue weighted by Gasteiger charge is -2.45. The largest absolute Gasteiger partial charge is 0.349 e. The number of carbonyl (C=O) groups is 1. The predicted octanol–water partition coefficient (Wildman–Crippen LogP) is 3.01. The van der Waals surface area contributed by atoms with Gasteiger partial charge in [0.15, 0.2) is 5.78 Å². The molecule has 0 aliphatic carbocycles. The summed E-state index contributed by atoms with van der Waals surface area (Å²) in [6.07, 6.45) is 0.499. The van der Waals surface area contributed by atoms with Crippen LogP contribution in [-0.4, -0.2) is 17.0 Å². The second kappa shape index (κ2) is 3.22. The molecule has 2 aliphatic heterocycles. The monoisotopic (exact) mass is 287 g/mol. The van der Waals surface area contributed by atoms with Crippen molar-refractivity contribution in [3.63, 3.8) is 0 Å². The first-order chi connectivity index (χ1) is 7.16. The maximum Gasteiger partial charge on any atom is 0.167 e. The van der Waals surface area contributed by atoms with Crippen LogP contribution in [0.4, 0.5) is 10.1 Å². The lowest BCUT2D eigenvalue weighted by atomic mass is 10.0. The second-order valence-corrected chi connectivity index (χ2v) is 5.62. The number of hydrogen-bond donors (Lipinski definition) is 0. The van der Waals surface area contributed by atoms with Gasteiger partial charge in [0.05, 0.1) is 21.4 Å². The molecule has 0 radical (unpaired) electrons. The van der Waals surface area contributed by atoms with Crippen LogP contribution in [0.2, 0.25) is 0 Å². The molecule has 2 nitrogen and oxygen atoms in total. The van der Waals surface area contributed by atoms with Crippen LogP contribution in [0.1, 0.15) is 16.8 Å². The van der Waals surface area contributed by atoms with Crippen LogP contribution in [0.5, 0.6) is 0 Å². The minimum absolute atomic E-state index is 0.0462. The number of rotatable bonds is 0. The van der Waals surface area contributed by atoms with Crippen molar-refractivity contribution in [3.8, 4) is 0 Å². The molecule has 1 fully saturated rings. The Morgan fingerprint density at radius 3 is 3.00 bits per heavy atom. The quantitative estimate of drug-likeness (QED) is 0.732. The van der Waals surface area contributed by atoms with Crippen LogP contribution in [0.3, 0.4) is 0 Å². The summed E-state index contributed by atoms with van der Waals surface area (Å²) in [5, 5.41) is 0.266. The van der Waals surface area contributed by atoms with E-state index in [0.717, 1.165) is 11.6 Å². The Hall–Kier alpha value is -0.550. The van der Waals surface area contributed by atoms with E-state index in [2.05, 4.69) is 20.8 Å². The highest BCUT2D eigenvalue weighted by Gasteiger charge is 2.38. The molecule has 15 heavy (non-hydrogen) atoms. The number of anilines is 1. The van der Waals surface area contributed by atoms with E-state index in [-0.39, 0.29) is 17.0 Å². The molecule has 0 spiro atoms. The summed E-state index contributed by atoms with van der Waals surface area (Å²) >= 11 is 4.91. The number of benzene rings is 1. The van der Waals surface area contributed by atoms with Gasteiger partial charge in [-0.3, -0.25) is 4.79 Å². The standard InChI is InChI=1S/C10H7BrFNOS/c11-6-2-8-5(1-7(6)12)9(14)3-10-13(8)4-15-10/h1-2,10H,3-4H2. The molecule has 1 aromatic rings. The Labute approximate surface area is 99.0 Å². The van der Waals surface area contributed by atoms with Crippen molar-refractivity contribution in [1.82, 2.24) is 0 Å². The molecule has 0 amide bonds. The smallest absolute Gasteiger partial charge is 0.167 e. The molecule has 0 N–H and O–H groups in total. The summed E-state index contributed by atoms with van der Waals surface area (Å²) in [6, 6.07) is 3.04. The van der Waals surface area contributed by atoms with Gasteiger partial charge >= 0.3 is 0 Å². The Kier molecular flexibility index (Phi) is 2.07. The minimum atomic E-state index is -0.367. The van der Waals surface area contributed by atoms with Crippen LogP contribution in [-0.2, 0) is 0 Å². The Morgan fingerprint density at radius 2 is 2.33 bits per heavy atom. The molecule has 1 aromatic carbocycles. The summed E-state index contributed by atoms with van der Waals surface area (Å²) < 4.78 is 13.7. The molecule has 2 aliphatic rings. The summed E-state index contributed by atoms with van der Waals surface area (Å²) in [6.45, 7) is 0. The average molecular weight is 288 g/mol. The lowest BCUT2D eigenvalue weighted by molar-refractivity contribution is 0.0975. The maximum atomic E-state index is 13.3. The van der Waals surface area contributed by atoms with Crippen molar-refractivity contribution in [2.24, 2.45) is 0 Å². The summed E-state index contributed by atoms with van der Waals surface area (Å²) in [7, 11) is 0. The highest BCUT2D eigenvalue weighted by atomic mass is 79.9. The molecule has 1 atom stereocenters. The molecule has 1 saturated heterocycles. The van der Waals surface area contributed by atoms with Crippen LogP contribution in [0, 0.1) is 5.82 Å². The SMILES string of the molecule is O=C1CC2SCN2c2cc(Br)c(F)cc21. The zero-order valence-electron chi connectivity index (χ0n) is 7.67. The molecule has 3 rings (SSSR count). The van der Waals surface area contributed by atoms with Crippen molar-refractivity contribution in [2.45, 2.75) is 11.8 Å². The molecule has 2 heterocycles. The zero-order chi connectivity index (χ0) is 10.6. The minimum Gasteiger partial charge on any atom is -0.349 e. The van der Waals surface area contributed by atoms with E-state index >= 15 is 0 Å². The van der Waals surface area contributed by atoms with Gasteiger partial charge in [0.25, 0.3) is 0 Å². The molecule has 0 saturated carbocycles. The van der Waals surface area contributed by atoms with Crippen LogP contribution in [0.15, 0.2) is 16.6 Å². The number of Topliss-reactive ketones (excluding diaryl/α,β-unsaturated/α-hetero) is 1. The highest BCUT2D eigenvalue weighted by Crippen LogP contribution is 2.44. The number of halogens is 2. The van der Waals surface area contributed by atoms with Crippen molar-refractivity contribution >= 4 is 39.2 Å². The van der Waals surface area contributed by atoms with E-state index in [1.807, 2.05) is 0 Å². The molecule has 5 heteroatoms. The van der Waals surface area contributed by atoms with Gasteiger partial charge in [0, 0.05) is 12.0 Å². The van der Waals surface area contributed by atoms with Crippen molar-refractivity contribution in [3.05, 3.63) is 28.0 Å². The van der Waals surface area contributed by atoms with Crippen LogP contribution >= 0.6 is 27.7 Å². The molecule has 1 unspecified atom stereocenters. The van der Waals surface area contributed by atoms with Crippen molar-refractivity contribution < 1.29 is 9.18 Å². The van der Waals surface area contributed by atoms with E-state index in [9.17, 15) is 9.18 Å². The van der Waals surface area contributed by atoms with Gasteiger partial charge in [-0.05, 0) is 28.1 Å². The van der Waals surface area contributed by atoms with Gasteiger partial charge < -0.3 is 4.90 Å². The number of thioether (sulfide) groups is 1. The number of nitrogens with zero attached hydrogens (tertiary/aromatic N) is 1. The number of fused-ring (bicyclic) bond motifs is 3. The second-order valence-electron chi connectivity index (χ2n) is 3.63. The third-order valence-electron chi connectivity index (χ3n) is 2.76. The van der Waals surface area contributed by atoms with E-state index in [0.29, 0.717) is 16.5 Å². The first-order valence-electron chi connectivity index (χ1n) is 4.57. The fourth-order valence-electron chi connectivity index (χ4n) is 1.91. The van der Waals surface area contributed by atoms with Gasteiger partial charge in [-0.15, -0.1) is 11.8 Å². The summed E-state index contributed by atoms with van der Waals surface area (Å²) in [5.74, 6) is 0.571. The normalized spacial score (nSPS) is 23.2. The topological polar surface area (TPSA) is 20.3 Å². The third-order valence-corrected chi connectivity index (χ3v) is 4.60. The van der Waals surface area contributed by atoms with Gasteiger partial charge in [-0.25, -0.2) is 4.39 Å². The van der Waals surface area contributed by atoms with E-state index in [1.54, 1.807) is 17.8 Å². The van der Waals surface area contributed by atoms with Gasteiger partial charge in [-0.2, -0.15) is 0 Å². The van der Waals surface area contributed by atoms with E-state index < -0.39 is 0 Å². The molecular weight excluding hydrogens is 281 g/mol. The summed E-state index contributed by atoms with van der Waals surface area (Å²) in [4.78, 5) is 13.9. The lowest BCUT2D eigenvalue weighted by Crippen LogP contribution is -2.47. The molecule has 78 valence electrons. The van der Waals surface area contributed by atoms with Crippen LogP contribution < -0.4 is 4.90 Å². The predicted molar refractivity (Wildman–Crippen MR) is 61.8 cm³/mol. The summed E-state index contributed by atoms with van der Waals surface area (Å²) in [5.41, 5.74) is 1.38. The number of hydrogen-bond acceptors (Lipinski definition) is 3. The van der Waals surface area contributed by atoms with Crippen molar-refractivity contribution in [1.29, 1.82) is 0 Å². The number of carbonyl (C=O) groups excluding carboxylic acids is 1. The highest BCUT2D eigenvalue weighted by molar-refractivity contribution is 9.10. The Balaban J connectivity index is 2.18. The molecular formula is C10H7BrFNOS. The fourth-order valence-corrected chi connectivity index (χ4v) is 3.28. The van der Waals surface area contributed by atoms with Crippen molar-refractivity contribution in [2.75, 3.05) is 10.8 Å². The van der Waals surface area contributed by atoms with Crippen LogP contribution in [0.25, 0.3) is 0 Å². The third kappa shape index (κ3) is 1.33. The average Bonchev–Trinajstić information content (AvgIpc) is 2.15. The first kappa shape index (κ1) is 9.66. The van der Waals surface area contributed by atoms with E-state index in [1.165, 1.54) is 6.07 Å². The zero-order valence-corrected chi connectivity index (χ0v) is 10.1. The molecule has 0 aromatic heterocycles. The fraction of sp³-hybridized carbons (Fsp3) is 0.300. The van der Waals surface area contributed by atoms with Gasteiger partial charge in [-0.1, -0.05) is 0 Å². The first-order valence-corrected chi connectivity index (χ1v) is 6.41. The Bertz CT molecular complexity index is 465. The van der Waals surface area contributed by atoms with E-state index in [4.69, 9.17) is 0 Å². The number of ketones is 1. The maximum absolute atomic E-state index is 13.3. The van der Waals surface area contributed by atoms with Gasteiger partial charge in [0.1, 0.15) is 5.82 Å². The Morgan fingerprint density at radius 1 is 1.53 bits per heavy atom.